The van der Waals surface area contributed by atoms with E-state index in [4.69, 9.17) is 5.73 Å². The third-order valence-corrected chi connectivity index (χ3v) is 4.29. The molecule has 1 aromatic heterocycles. The highest BCUT2D eigenvalue weighted by Gasteiger charge is 2.29. The second-order valence-corrected chi connectivity index (χ2v) is 6.00. The monoisotopic (exact) mass is 278 g/mol. The van der Waals surface area contributed by atoms with Crippen LogP contribution in [0.2, 0.25) is 0 Å². The summed E-state index contributed by atoms with van der Waals surface area (Å²) in [5.74, 6) is 0.711. The van der Waals surface area contributed by atoms with Gasteiger partial charge in [-0.15, -0.1) is 0 Å². The van der Waals surface area contributed by atoms with Crippen molar-refractivity contribution in [2.24, 2.45) is 11.7 Å². The summed E-state index contributed by atoms with van der Waals surface area (Å²) in [4.78, 5) is 14.7. The third-order valence-electron chi connectivity index (χ3n) is 4.29. The number of amides is 1. The summed E-state index contributed by atoms with van der Waals surface area (Å²) in [7, 11) is 0. The Morgan fingerprint density at radius 3 is 2.90 bits per heavy atom. The standard InChI is InChI=1S/C15H26N4O/c1-11-5-6-12(2)18(10-11)15(20)14-9-17-19(13(14)3)8-4-7-16/h9,11-12H,4-8,10,16H2,1-3H3. The van der Waals surface area contributed by atoms with Crippen molar-refractivity contribution in [1.29, 1.82) is 0 Å². The molecular weight excluding hydrogens is 252 g/mol. The van der Waals surface area contributed by atoms with E-state index in [-0.39, 0.29) is 5.91 Å². The number of hydrogen-bond acceptors (Lipinski definition) is 3. The number of carbonyl (C=O) groups excluding carboxylic acids is 1. The van der Waals surface area contributed by atoms with Crippen LogP contribution in [0.15, 0.2) is 6.20 Å². The molecule has 0 saturated carbocycles. The molecule has 1 aromatic rings. The molecule has 1 aliphatic heterocycles. The summed E-state index contributed by atoms with van der Waals surface area (Å²) >= 11 is 0. The average Bonchev–Trinajstić information content (AvgIpc) is 2.79. The van der Waals surface area contributed by atoms with Gasteiger partial charge in [-0.25, -0.2) is 0 Å². The molecule has 2 heterocycles. The smallest absolute Gasteiger partial charge is 0.257 e. The van der Waals surface area contributed by atoms with Gasteiger partial charge in [0.05, 0.1) is 11.8 Å². The first-order chi connectivity index (χ1) is 9.54. The molecule has 112 valence electrons. The number of piperidine rings is 1. The van der Waals surface area contributed by atoms with Gasteiger partial charge in [0.2, 0.25) is 0 Å². The number of carbonyl (C=O) groups is 1. The van der Waals surface area contributed by atoms with E-state index >= 15 is 0 Å². The minimum atomic E-state index is 0.126. The number of rotatable bonds is 4. The molecule has 0 radical (unpaired) electrons. The number of aryl methyl sites for hydroxylation is 1. The Balaban J connectivity index is 2.14. The molecule has 2 unspecified atom stereocenters. The van der Waals surface area contributed by atoms with Crippen molar-refractivity contribution >= 4 is 5.91 Å². The van der Waals surface area contributed by atoms with Crippen LogP contribution < -0.4 is 5.73 Å². The third kappa shape index (κ3) is 3.03. The Labute approximate surface area is 121 Å². The molecule has 1 amide bonds. The summed E-state index contributed by atoms with van der Waals surface area (Å²) in [5.41, 5.74) is 7.22. The zero-order valence-electron chi connectivity index (χ0n) is 12.8. The van der Waals surface area contributed by atoms with Crippen LogP contribution in [0, 0.1) is 12.8 Å². The van der Waals surface area contributed by atoms with E-state index in [0.717, 1.165) is 37.2 Å². The molecule has 20 heavy (non-hydrogen) atoms. The van der Waals surface area contributed by atoms with Gasteiger partial charge in [0.15, 0.2) is 0 Å². The zero-order chi connectivity index (χ0) is 14.7. The minimum absolute atomic E-state index is 0.126. The van der Waals surface area contributed by atoms with Crippen LogP contribution in [0.3, 0.4) is 0 Å². The number of likely N-dealkylation sites (tertiary alicyclic amines) is 1. The van der Waals surface area contributed by atoms with Crippen molar-refractivity contribution in [1.82, 2.24) is 14.7 Å². The normalized spacial score (nSPS) is 23.1. The number of hydrogen-bond donors (Lipinski definition) is 1. The van der Waals surface area contributed by atoms with E-state index in [1.54, 1.807) is 6.20 Å². The minimum Gasteiger partial charge on any atom is -0.336 e. The second-order valence-electron chi connectivity index (χ2n) is 6.00. The number of nitrogens with two attached hydrogens (primary N) is 1. The van der Waals surface area contributed by atoms with Gasteiger partial charge in [0.1, 0.15) is 0 Å². The van der Waals surface area contributed by atoms with Gasteiger partial charge in [-0.3, -0.25) is 9.48 Å². The van der Waals surface area contributed by atoms with Crippen molar-refractivity contribution < 1.29 is 4.79 Å². The lowest BCUT2D eigenvalue weighted by Crippen LogP contribution is -2.45. The summed E-state index contributed by atoms with van der Waals surface area (Å²) in [6.07, 6.45) is 4.89. The van der Waals surface area contributed by atoms with Crippen LogP contribution in [0.25, 0.3) is 0 Å². The molecule has 1 saturated heterocycles. The molecule has 0 aliphatic carbocycles. The highest BCUT2D eigenvalue weighted by molar-refractivity contribution is 5.95. The van der Waals surface area contributed by atoms with E-state index in [1.165, 1.54) is 6.42 Å². The average molecular weight is 278 g/mol. The summed E-state index contributed by atoms with van der Waals surface area (Å²) < 4.78 is 1.89. The topological polar surface area (TPSA) is 64.2 Å². The van der Waals surface area contributed by atoms with Crippen LogP contribution >= 0.6 is 0 Å². The Kier molecular flexibility index (Phi) is 4.81. The molecule has 5 heteroatoms. The molecule has 5 nitrogen and oxygen atoms in total. The van der Waals surface area contributed by atoms with Crippen molar-refractivity contribution in [3.05, 3.63) is 17.5 Å². The van der Waals surface area contributed by atoms with Gasteiger partial charge in [-0.05, 0) is 45.6 Å². The quantitative estimate of drug-likeness (QED) is 0.913. The summed E-state index contributed by atoms with van der Waals surface area (Å²) in [6.45, 7) is 8.59. The maximum absolute atomic E-state index is 12.7. The molecule has 0 aromatic carbocycles. The molecule has 2 rings (SSSR count). The first kappa shape index (κ1) is 15.0. The number of aromatic nitrogens is 2. The largest absolute Gasteiger partial charge is 0.336 e. The van der Waals surface area contributed by atoms with Gasteiger partial charge >= 0.3 is 0 Å². The second kappa shape index (κ2) is 6.39. The van der Waals surface area contributed by atoms with Gasteiger partial charge < -0.3 is 10.6 Å². The van der Waals surface area contributed by atoms with Crippen LogP contribution in [-0.2, 0) is 6.54 Å². The van der Waals surface area contributed by atoms with Gasteiger partial charge in [-0.1, -0.05) is 6.92 Å². The zero-order valence-corrected chi connectivity index (χ0v) is 12.8. The Bertz CT molecular complexity index is 468. The van der Waals surface area contributed by atoms with E-state index in [2.05, 4.69) is 18.9 Å². The van der Waals surface area contributed by atoms with E-state index < -0.39 is 0 Å². The Hall–Kier alpha value is -1.36. The van der Waals surface area contributed by atoms with Crippen LogP contribution in [0.1, 0.15) is 49.2 Å². The van der Waals surface area contributed by atoms with Gasteiger partial charge in [0.25, 0.3) is 5.91 Å². The SMILES string of the molecule is Cc1c(C(=O)N2CC(C)CCC2C)cnn1CCCN. The maximum Gasteiger partial charge on any atom is 0.257 e. The van der Waals surface area contributed by atoms with Gasteiger partial charge in [-0.2, -0.15) is 5.10 Å². The Morgan fingerprint density at radius 2 is 2.20 bits per heavy atom. The van der Waals surface area contributed by atoms with Crippen LogP contribution in [0.5, 0.6) is 0 Å². The fourth-order valence-corrected chi connectivity index (χ4v) is 2.85. The van der Waals surface area contributed by atoms with E-state index in [1.807, 2.05) is 16.5 Å². The van der Waals surface area contributed by atoms with E-state index in [0.29, 0.717) is 18.5 Å². The molecule has 1 aliphatic rings. The van der Waals surface area contributed by atoms with Crippen molar-refractivity contribution in [3.63, 3.8) is 0 Å². The predicted molar refractivity (Wildman–Crippen MR) is 79.5 cm³/mol. The first-order valence-electron chi connectivity index (χ1n) is 7.58. The Morgan fingerprint density at radius 1 is 1.45 bits per heavy atom. The van der Waals surface area contributed by atoms with Crippen molar-refractivity contribution in [2.45, 2.75) is 52.6 Å². The first-order valence-corrected chi connectivity index (χ1v) is 7.58. The van der Waals surface area contributed by atoms with Crippen molar-refractivity contribution in [3.8, 4) is 0 Å². The molecule has 0 bridgehead atoms. The molecule has 2 atom stereocenters. The molecular formula is C15H26N4O. The molecule has 0 spiro atoms. The lowest BCUT2D eigenvalue weighted by Gasteiger charge is -2.36. The van der Waals surface area contributed by atoms with Gasteiger partial charge in [0, 0.05) is 24.8 Å². The fraction of sp³-hybridized carbons (Fsp3) is 0.733. The number of nitrogens with zero attached hydrogens (tertiary/aromatic N) is 3. The highest BCUT2D eigenvalue weighted by atomic mass is 16.2. The van der Waals surface area contributed by atoms with Crippen LogP contribution in [-0.4, -0.2) is 39.7 Å². The maximum atomic E-state index is 12.7. The van der Waals surface area contributed by atoms with Crippen LogP contribution in [0.4, 0.5) is 0 Å². The molecule has 1 fully saturated rings. The highest BCUT2D eigenvalue weighted by Crippen LogP contribution is 2.24. The lowest BCUT2D eigenvalue weighted by molar-refractivity contribution is 0.0573. The van der Waals surface area contributed by atoms with E-state index in [9.17, 15) is 4.79 Å². The lowest BCUT2D eigenvalue weighted by atomic mass is 9.94. The fourth-order valence-electron chi connectivity index (χ4n) is 2.85. The van der Waals surface area contributed by atoms with Crippen molar-refractivity contribution in [2.75, 3.05) is 13.1 Å². The summed E-state index contributed by atoms with van der Waals surface area (Å²) in [5, 5.41) is 4.33. The summed E-state index contributed by atoms with van der Waals surface area (Å²) in [6, 6.07) is 0.325. The molecule has 2 N–H and O–H groups in total. The predicted octanol–water partition coefficient (Wildman–Crippen LogP) is 1.80.